The molecule has 0 aromatic heterocycles. The second kappa shape index (κ2) is 20.8. The van der Waals surface area contributed by atoms with Crippen LogP contribution >= 0.6 is 0 Å². The predicted molar refractivity (Wildman–Crippen MR) is 225 cm³/mol. The van der Waals surface area contributed by atoms with E-state index in [0.717, 1.165) is 0 Å². The molecule has 0 fully saturated rings. The molecule has 0 saturated heterocycles. The van der Waals surface area contributed by atoms with E-state index in [1.807, 2.05) is 0 Å². The lowest BCUT2D eigenvalue weighted by molar-refractivity contribution is -0.134. The Morgan fingerprint density at radius 1 is 0.475 bits per heavy atom. The first-order valence-electron chi connectivity index (χ1n) is 18.0. The average molecular weight is 819 g/mol. The minimum absolute atomic E-state index is 0.0472. The van der Waals surface area contributed by atoms with Crippen LogP contribution in [-0.2, 0) is 28.7 Å². The zero-order chi connectivity index (χ0) is 44.8. The molecule has 0 radical (unpaired) electrons. The summed E-state index contributed by atoms with van der Waals surface area (Å²) in [6.07, 6.45) is 0.217. The Balaban J connectivity index is 1.63. The van der Waals surface area contributed by atoms with Gasteiger partial charge in [0.05, 0.1) is 5.56 Å². The lowest BCUT2D eigenvalue weighted by Gasteiger charge is -2.12. The van der Waals surface area contributed by atoms with Gasteiger partial charge in [0.1, 0.15) is 22.8 Å². The van der Waals surface area contributed by atoms with E-state index in [1.54, 1.807) is 68.5 Å². The quantitative estimate of drug-likeness (QED) is 0.0270. The van der Waals surface area contributed by atoms with Gasteiger partial charge in [-0.15, -0.1) is 0 Å². The maximum absolute atomic E-state index is 12.9. The molecule has 4 aromatic rings. The summed E-state index contributed by atoms with van der Waals surface area (Å²) in [5.41, 5.74) is 2.38. The van der Waals surface area contributed by atoms with Crippen molar-refractivity contribution in [2.75, 3.05) is 0 Å². The highest BCUT2D eigenvalue weighted by atomic mass is 16.7. The lowest BCUT2D eigenvalue weighted by Crippen LogP contribution is -2.17. The Bertz CT molecular complexity index is 2640. The molecule has 4 rings (SSSR count). The standard InChI is InChI=1S/C49H38O12/c1-29(2)44(50)57-39-21-14-35(15-22-39)18-25-41-42(59-46(52)31(5)6)27-37(28-43(41)60-49(55)61-47(53)32(7)8)11-10-34-12-19-38(20-13-34)48(54)56-33(9)26-36-16-23-40(24-17-36)58-45(51)30(3)4/h12-17,19-24,26-28H,1,3,5,7H2,2,4,6,8-9H3/b33-26+. The number of rotatable bonds is 11. The molecule has 4 aromatic carbocycles. The topological polar surface area (TPSA) is 158 Å². The third-order valence-electron chi connectivity index (χ3n) is 7.61. The number of benzene rings is 4. The summed E-state index contributed by atoms with van der Waals surface area (Å²) in [4.78, 5) is 74.2. The molecule has 0 atom stereocenters. The zero-order valence-electron chi connectivity index (χ0n) is 33.9. The Morgan fingerprint density at radius 2 is 0.902 bits per heavy atom. The van der Waals surface area contributed by atoms with Crippen LogP contribution in [0.2, 0.25) is 0 Å². The molecule has 0 N–H and O–H groups in total. The summed E-state index contributed by atoms with van der Waals surface area (Å²) in [5.74, 6) is 8.36. The van der Waals surface area contributed by atoms with Crippen molar-refractivity contribution in [3.63, 3.8) is 0 Å². The molecule has 12 nitrogen and oxygen atoms in total. The fourth-order valence-electron chi connectivity index (χ4n) is 4.47. The van der Waals surface area contributed by atoms with Gasteiger partial charge < -0.3 is 28.4 Å². The molecule has 0 amide bonds. The number of carbonyl (C=O) groups is 6. The van der Waals surface area contributed by atoms with Crippen molar-refractivity contribution >= 4 is 42.1 Å². The van der Waals surface area contributed by atoms with Gasteiger partial charge in [-0.3, -0.25) is 0 Å². The van der Waals surface area contributed by atoms with Crippen LogP contribution in [0.5, 0.6) is 23.0 Å². The van der Waals surface area contributed by atoms with Crippen molar-refractivity contribution in [1.82, 2.24) is 0 Å². The largest absolute Gasteiger partial charge is 0.522 e. The molecule has 0 bridgehead atoms. The fraction of sp³-hybridized carbons (Fsp3) is 0.102. The highest BCUT2D eigenvalue weighted by Crippen LogP contribution is 2.32. The lowest BCUT2D eigenvalue weighted by atomic mass is 10.1. The molecular formula is C49H38O12. The normalized spacial score (nSPS) is 10.2. The number of hydrogen-bond donors (Lipinski definition) is 0. The van der Waals surface area contributed by atoms with E-state index in [2.05, 4.69) is 50.0 Å². The van der Waals surface area contributed by atoms with Gasteiger partial charge in [0.25, 0.3) is 0 Å². The number of carbonyl (C=O) groups excluding carboxylic acids is 6. The number of esters is 5. The van der Waals surface area contributed by atoms with Crippen LogP contribution in [0.3, 0.4) is 0 Å². The Labute approximate surface area is 352 Å². The summed E-state index contributed by atoms with van der Waals surface area (Å²) in [5, 5.41) is 0. The van der Waals surface area contributed by atoms with E-state index in [9.17, 15) is 28.8 Å². The van der Waals surface area contributed by atoms with Crippen molar-refractivity contribution in [2.45, 2.75) is 34.6 Å². The number of allylic oxidation sites excluding steroid dienone is 1. The second-order valence-corrected chi connectivity index (χ2v) is 13.2. The smallest absolute Gasteiger partial charge is 0.428 e. The summed E-state index contributed by atoms with van der Waals surface area (Å²) < 4.78 is 31.6. The van der Waals surface area contributed by atoms with Crippen LogP contribution in [0, 0.1) is 23.7 Å². The summed E-state index contributed by atoms with van der Waals surface area (Å²) in [7, 11) is 0. The maximum atomic E-state index is 12.9. The molecule has 0 saturated carbocycles. The van der Waals surface area contributed by atoms with Crippen molar-refractivity contribution in [2.24, 2.45) is 0 Å². The molecule has 0 heterocycles. The second-order valence-electron chi connectivity index (χ2n) is 13.2. The van der Waals surface area contributed by atoms with Gasteiger partial charge in [-0.2, -0.15) is 0 Å². The van der Waals surface area contributed by atoms with Gasteiger partial charge in [0.2, 0.25) is 0 Å². The number of ether oxygens (including phenoxy) is 6. The van der Waals surface area contributed by atoms with Gasteiger partial charge in [-0.1, -0.05) is 62.1 Å². The van der Waals surface area contributed by atoms with E-state index in [0.29, 0.717) is 28.2 Å². The van der Waals surface area contributed by atoms with E-state index in [1.165, 1.54) is 57.2 Å². The van der Waals surface area contributed by atoms with Crippen LogP contribution in [0.15, 0.2) is 139 Å². The van der Waals surface area contributed by atoms with E-state index >= 15 is 0 Å². The molecular weight excluding hydrogens is 781 g/mol. The Kier molecular flexibility index (Phi) is 15.4. The van der Waals surface area contributed by atoms with Crippen LogP contribution in [0.1, 0.15) is 72.8 Å². The van der Waals surface area contributed by atoms with Gasteiger partial charge >= 0.3 is 36.0 Å². The molecule has 61 heavy (non-hydrogen) atoms. The monoisotopic (exact) mass is 818 g/mol. The van der Waals surface area contributed by atoms with Gasteiger partial charge in [0, 0.05) is 39.0 Å². The third kappa shape index (κ3) is 13.8. The highest BCUT2D eigenvalue weighted by Gasteiger charge is 2.21. The molecule has 12 heteroatoms. The summed E-state index contributed by atoms with van der Waals surface area (Å²) >= 11 is 0. The number of hydrogen-bond acceptors (Lipinski definition) is 12. The molecule has 0 aliphatic carbocycles. The first-order valence-corrected chi connectivity index (χ1v) is 18.0. The maximum Gasteiger partial charge on any atom is 0.522 e. The summed E-state index contributed by atoms with van der Waals surface area (Å²) in [6, 6.07) is 21.6. The molecule has 0 spiro atoms. The minimum atomic E-state index is -1.42. The van der Waals surface area contributed by atoms with Crippen molar-refractivity contribution < 1.29 is 57.2 Å². The van der Waals surface area contributed by atoms with Crippen molar-refractivity contribution in [3.05, 3.63) is 173 Å². The predicted octanol–water partition coefficient (Wildman–Crippen LogP) is 8.77. The first-order chi connectivity index (χ1) is 28.9. The summed E-state index contributed by atoms with van der Waals surface area (Å²) in [6.45, 7) is 21.6. The molecule has 0 unspecified atom stereocenters. The molecule has 306 valence electrons. The molecule has 0 aliphatic rings. The van der Waals surface area contributed by atoms with Crippen molar-refractivity contribution in [1.29, 1.82) is 0 Å². The van der Waals surface area contributed by atoms with E-state index in [-0.39, 0.29) is 56.2 Å². The third-order valence-corrected chi connectivity index (χ3v) is 7.61. The first kappa shape index (κ1) is 45.2. The molecule has 0 aliphatic heterocycles. The van der Waals surface area contributed by atoms with Crippen LogP contribution in [0.25, 0.3) is 6.08 Å². The Morgan fingerprint density at radius 3 is 1.41 bits per heavy atom. The van der Waals surface area contributed by atoms with E-state index < -0.39 is 36.0 Å². The zero-order valence-corrected chi connectivity index (χ0v) is 33.9. The van der Waals surface area contributed by atoms with Gasteiger partial charge in [0.15, 0.2) is 11.5 Å². The average Bonchev–Trinajstić information content (AvgIpc) is 3.20. The van der Waals surface area contributed by atoms with E-state index in [4.69, 9.17) is 28.4 Å². The van der Waals surface area contributed by atoms with Crippen molar-refractivity contribution in [3.8, 4) is 46.7 Å². The SMILES string of the molecule is C=C(C)C(=O)OC(=O)Oc1cc(C#Cc2ccc(C(=O)O/C(C)=C/c3ccc(OC(=O)C(=C)C)cc3)cc2)cc(OC(=O)C(=C)C)c1C#Cc1ccc(OC(=O)C(=C)C)cc1. The minimum Gasteiger partial charge on any atom is -0.428 e. The van der Waals surface area contributed by atoms with Crippen LogP contribution in [0.4, 0.5) is 4.79 Å². The van der Waals surface area contributed by atoms with Gasteiger partial charge in [-0.05, 0) is 119 Å². The van der Waals surface area contributed by atoms with Crippen LogP contribution in [-0.4, -0.2) is 36.0 Å². The Hall–Kier alpha value is -8.48. The highest BCUT2D eigenvalue weighted by molar-refractivity contribution is 5.94. The fourth-order valence-corrected chi connectivity index (χ4v) is 4.47. The van der Waals surface area contributed by atoms with Gasteiger partial charge in [-0.25, -0.2) is 28.8 Å². The van der Waals surface area contributed by atoms with Crippen LogP contribution < -0.4 is 18.9 Å².